The Hall–Kier alpha value is -2.35. The highest BCUT2D eigenvalue weighted by molar-refractivity contribution is 6.01. The van der Waals surface area contributed by atoms with E-state index in [1.165, 1.54) is 0 Å². The molecule has 0 saturated carbocycles. The topological polar surface area (TPSA) is 26.3 Å². The van der Waals surface area contributed by atoms with Crippen molar-refractivity contribution in [1.29, 1.82) is 0 Å². The third-order valence-corrected chi connectivity index (χ3v) is 2.94. The van der Waals surface area contributed by atoms with Crippen LogP contribution < -0.4 is 4.74 Å². The molecule has 0 aromatic heterocycles. The maximum Gasteiger partial charge on any atom is 0.207 e. The highest BCUT2D eigenvalue weighted by Crippen LogP contribution is 2.26. The molecule has 1 aliphatic rings. The number of ether oxygens (including phenoxy) is 1. The summed E-state index contributed by atoms with van der Waals surface area (Å²) in [7, 11) is 0. The lowest BCUT2D eigenvalue weighted by atomic mass is 10.0. The summed E-state index contributed by atoms with van der Waals surface area (Å²) in [6.07, 6.45) is 3.21. The van der Waals surface area contributed by atoms with Crippen molar-refractivity contribution in [2.24, 2.45) is 0 Å². The molecule has 0 bridgehead atoms. The van der Waals surface area contributed by atoms with Crippen LogP contribution in [0.2, 0.25) is 0 Å². The number of rotatable bonds is 2. The molecule has 2 aromatic rings. The quantitative estimate of drug-likeness (QED) is 0.747. The first-order chi connectivity index (χ1) is 8.84. The Morgan fingerprint density at radius 1 is 0.944 bits per heavy atom. The second kappa shape index (κ2) is 4.49. The minimum atomic E-state index is -0.526. The van der Waals surface area contributed by atoms with Gasteiger partial charge in [-0.25, -0.2) is 0 Å². The number of para-hydroxylation sites is 1. The first-order valence-electron chi connectivity index (χ1n) is 5.88. The highest BCUT2D eigenvalue weighted by atomic mass is 16.5. The van der Waals surface area contributed by atoms with Gasteiger partial charge >= 0.3 is 0 Å². The van der Waals surface area contributed by atoms with Crippen LogP contribution in [-0.4, -0.2) is 11.9 Å². The van der Waals surface area contributed by atoms with Gasteiger partial charge in [-0.3, -0.25) is 4.79 Å². The van der Waals surface area contributed by atoms with E-state index in [0.717, 1.165) is 11.3 Å². The van der Waals surface area contributed by atoms with Crippen molar-refractivity contribution in [1.82, 2.24) is 0 Å². The van der Waals surface area contributed by atoms with E-state index in [2.05, 4.69) is 0 Å². The van der Waals surface area contributed by atoms with Crippen LogP contribution in [0.4, 0.5) is 0 Å². The van der Waals surface area contributed by atoms with Gasteiger partial charge < -0.3 is 4.74 Å². The van der Waals surface area contributed by atoms with E-state index in [9.17, 15) is 4.79 Å². The molecule has 0 amide bonds. The summed E-state index contributed by atoms with van der Waals surface area (Å²) in [4.78, 5) is 12.2. The number of carbonyl (C=O) groups excluding carboxylic acids is 1. The summed E-state index contributed by atoms with van der Waals surface area (Å²) in [5.74, 6) is 0.746. The van der Waals surface area contributed by atoms with Crippen molar-refractivity contribution in [2.45, 2.75) is 6.10 Å². The summed E-state index contributed by atoms with van der Waals surface area (Å²) in [5.41, 5.74) is 1.68. The summed E-state index contributed by atoms with van der Waals surface area (Å²) >= 11 is 0. The fourth-order valence-electron chi connectivity index (χ4n) is 2.00. The molecule has 0 aliphatic carbocycles. The molecule has 0 radical (unpaired) electrons. The molecule has 3 rings (SSSR count). The molecule has 0 N–H and O–H groups in total. The monoisotopic (exact) mass is 236 g/mol. The molecule has 2 aromatic carbocycles. The van der Waals surface area contributed by atoms with Crippen molar-refractivity contribution >= 4 is 11.9 Å². The first kappa shape index (κ1) is 10.8. The molecule has 0 spiro atoms. The summed E-state index contributed by atoms with van der Waals surface area (Å²) in [5, 5.41) is 0. The zero-order valence-electron chi connectivity index (χ0n) is 9.74. The highest BCUT2D eigenvalue weighted by Gasteiger charge is 2.22. The van der Waals surface area contributed by atoms with E-state index in [0.29, 0.717) is 5.56 Å². The van der Waals surface area contributed by atoms with Gasteiger partial charge in [-0.15, -0.1) is 0 Å². The standard InChI is InChI=1S/C16H12O2/c17-16(13-7-2-1-3-8-13)15-11-10-12-6-4-5-9-14(12)18-15/h1-11,15H. The minimum Gasteiger partial charge on any atom is -0.478 e. The van der Waals surface area contributed by atoms with E-state index >= 15 is 0 Å². The lowest BCUT2D eigenvalue weighted by Gasteiger charge is -2.20. The van der Waals surface area contributed by atoms with Crippen LogP contribution in [-0.2, 0) is 0 Å². The van der Waals surface area contributed by atoms with Crippen molar-refractivity contribution in [3.05, 3.63) is 71.8 Å². The normalized spacial score (nSPS) is 16.8. The van der Waals surface area contributed by atoms with Crippen LogP contribution >= 0.6 is 0 Å². The summed E-state index contributed by atoms with van der Waals surface area (Å²) in [6.45, 7) is 0. The minimum absolute atomic E-state index is 0.0126. The smallest absolute Gasteiger partial charge is 0.207 e. The van der Waals surface area contributed by atoms with Gasteiger partial charge in [-0.05, 0) is 12.1 Å². The van der Waals surface area contributed by atoms with E-state index in [1.807, 2.05) is 48.5 Å². The maximum atomic E-state index is 12.2. The van der Waals surface area contributed by atoms with Crippen molar-refractivity contribution < 1.29 is 9.53 Å². The number of benzene rings is 2. The average Bonchev–Trinajstić information content (AvgIpc) is 2.47. The van der Waals surface area contributed by atoms with E-state index in [4.69, 9.17) is 4.74 Å². The fraction of sp³-hybridized carbons (Fsp3) is 0.0625. The third kappa shape index (κ3) is 1.93. The van der Waals surface area contributed by atoms with Crippen LogP contribution in [0, 0.1) is 0 Å². The van der Waals surface area contributed by atoms with Gasteiger partial charge in [0.25, 0.3) is 0 Å². The van der Waals surface area contributed by atoms with Gasteiger partial charge in [0.2, 0.25) is 5.78 Å². The van der Waals surface area contributed by atoms with Gasteiger partial charge in [-0.2, -0.15) is 0 Å². The van der Waals surface area contributed by atoms with Crippen molar-refractivity contribution in [3.8, 4) is 5.75 Å². The molecule has 88 valence electrons. The largest absolute Gasteiger partial charge is 0.478 e. The van der Waals surface area contributed by atoms with Gasteiger partial charge in [0.1, 0.15) is 5.75 Å². The fourth-order valence-corrected chi connectivity index (χ4v) is 2.00. The lowest BCUT2D eigenvalue weighted by molar-refractivity contribution is 0.0849. The van der Waals surface area contributed by atoms with E-state index in [1.54, 1.807) is 18.2 Å². The molecule has 1 aliphatic heterocycles. The molecule has 0 saturated heterocycles. The second-order valence-electron chi connectivity index (χ2n) is 4.17. The molecule has 1 heterocycles. The van der Waals surface area contributed by atoms with Gasteiger partial charge in [0, 0.05) is 11.1 Å². The van der Waals surface area contributed by atoms with Gasteiger partial charge in [0.15, 0.2) is 6.10 Å². The molecular formula is C16H12O2. The third-order valence-electron chi connectivity index (χ3n) is 2.94. The predicted molar refractivity (Wildman–Crippen MR) is 70.7 cm³/mol. The number of hydrogen-bond donors (Lipinski definition) is 0. The molecular weight excluding hydrogens is 224 g/mol. The number of Topliss-reactive ketones (excluding diaryl/α,β-unsaturated/α-hetero) is 1. The molecule has 2 nitrogen and oxygen atoms in total. The Bertz CT molecular complexity index is 600. The Kier molecular flexibility index (Phi) is 2.69. The Morgan fingerprint density at radius 3 is 2.50 bits per heavy atom. The number of carbonyl (C=O) groups is 1. The molecule has 2 heteroatoms. The average molecular weight is 236 g/mol. The van der Waals surface area contributed by atoms with E-state index < -0.39 is 6.10 Å². The van der Waals surface area contributed by atoms with Gasteiger partial charge in [0.05, 0.1) is 0 Å². The van der Waals surface area contributed by atoms with Crippen LogP contribution in [0.5, 0.6) is 5.75 Å². The second-order valence-corrected chi connectivity index (χ2v) is 4.17. The van der Waals surface area contributed by atoms with Crippen LogP contribution in [0.25, 0.3) is 6.08 Å². The zero-order chi connectivity index (χ0) is 12.4. The molecule has 18 heavy (non-hydrogen) atoms. The summed E-state index contributed by atoms with van der Waals surface area (Å²) < 4.78 is 5.71. The first-order valence-corrected chi connectivity index (χ1v) is 5.88. The SMILES string of the molecule is O=C(c1ccccc1)C1C=Cc2ccccc2O1. The number of ketones is 1. The predicted octanol–water partition coefficient (Wildman–Crippen LogP) is 3.34. The van der Waals surface area contributed by atoms with Crippen molar-refractivity contribution in [2.75, 3.05) is 0 Å². The molecule has 1 atom stereocenters. The van der Waals surface area contributed by atoms with E-state index in [-0.39, 0.29) is 5.78 Å². The van der Waals surface area contributed by atoms with Crippen molar-refractivity contribution in [3.63, 3.8) is 0 Å². The van der Waals surface area contributed by atoms with Gasteiger partial charge in [-0.1, -0.05) is 54.6 Å². The summed E-state index contributed by atoms with van der Waals surface area (Å²) in [6, 6.07) is 16.9. The number of fused-ring (bicyclic) bond motifs is 1. The lowest BCUT2D eigenvalue weighted by Crippen LogP contribution is -2.27. The van der Waals surface area contributed by atoms with Crippen LogP contribution in [0.3, 0.4) is 0 Å². The maximum absolute atomic E-state index is 12.2. The van der Waals surface area contributed by atoms with Crippen LogP contribution in [0.1, 0.15) is 15.9 Å². The zero-order valence-corrected chi connectivity index (χ0v) is 9.74. The molecule has 1 unspecified atom stereocenters. The Balaban J connectivity index is 1.87. The Morgan fingerprint density at radius 2 is 1.67 bits per heavy atom. The Labute approximate surface area is 106 Å². The van der Waals surface area contributed by atoms with Crippen LogP contribution in [0.15, 0.2) is 60.7 Å². The number of hydrogen-bond acceptors (Lipinski definition) is 2. The molecule has 0 fully saturated rings.